The number of benzene rings is 1. The van der Waals surface area contributed by atoms with Gasteiger partial charge in [-0.15, -0.1) is 0 Å². The Labute approximate surface area is 104 Å². The maximum Gasteiger partial charge on any atom is 0.267 e. The summed E-state index contributed by atoms with van der Waals surface area (Å²) in [6, 6.07) is 8.86. The highest BCUT2D eigenvalue weighted by atomic mass is 19.1. The maximum atomic E-state index is 12.8. The van der Waals surface area contributed by atoms with Crippen LogP contribution in [0.15, 0.2) is 41.2 Å². The Kier molecular flexibility index (Phi) is 3.53. The monoisotopic (exact) mass is 247 g/mol. The number of aromatic nitrogens is 2. The highest BCUT2D eigenvalue weighted by Gasteiger charge is 2.08. The smallest absolute Gasteiger partial charge is 0.267 e. The minimum Gasteiger partial charge on any atom is -0.328 e. The number of nitrogens with zero attached hydrogens (tertiary/aromatic N) is 2. The van der Waals surface area contributed by atoms with Gasteiger partial charge >= 0.3 is 0 Å². The summed E-state index contributed by atoms with van der Waals surface area (Å²) in [5.74, 6) is -0.303. The second-order valence-corrected chi connectivity index (χ2v) is 4.09. The normalized spacial score (nSPS) is 12.4. The van der Waals surface area contributed by atoms with Crippen molar-refractivity contribution in [1.82, 2.24) is 9.78 Å². The van der Waals surface area contributed by atoms with E-state index in [0.29, 0.717) is 12.2 Å². The Morgan fingerprint density at radius 3 is 2.56 bits per heavy atom. The van der Waals surface area contributed by atoms with Gasteiger partial charge in [-0.3, -0.25) is 4.79 Å². The molecule has 0 radical (unpaired) electrons. The zero-order valence-electron chi connectivity index (χ0n) is 10.0. The molecule has 94 valence electrons. The molecule has 0 aliphatic heterocycles. The first-order valence-corrected chi connectivity index (χ1v) is 5.67. The molecule has 1 heterocycles. The van der Waals surface area contributed by atoms with Crippen LogP contribution >= 0.6 is 0 Å². The molecular formula is C13H14FN3O. The van der Waals surface area contributed by atoms with E-state index in [-0.39, 0.29) is 17.4 Å². The zero-order chi connectivity index (χ0) is 13.1. The van der Waals surface area contributed by atoms with E-state index in [1.54, 1.807) is 18.2 Å². The fourth-order valence-electron chi connectivity index (χ4n) is 1.62. The van der Waals surface area contributed by atoms with E-state index in [1.165, 1.54) is 22.9 Å². The Morgan fingerprint density at radius 2 is 1.94 bits per heavy atom. The van der Waals surface area contributed by atoms with E-state index in [2.05, 4.69) is 5.10 Å². The van der Waals surface area contributed by atoms with Crippen molar-refractivity contribution in [2.24, 2.45) is 5.73 Å². The molecule has 1 unspecified atom stereocenters. The number of rotatable bonds is 3. The SMILES string of the molecule is CC(CN)n1nc(-c2ccc(F)cc2)ccc1=O. The molecule has 0 amide bonds. The van der Waals surface area contributed by atoms with Crippen molar-refractivity contribution in [1.29, 1.82) is 0 Å². The van der Waals surface area contributed by atoms with Gasteiger partial charge in [0.2, 0.25) is 0 Å². The number of hydrogen-bond donors (Lipinski definition) is 1. The lowest BCUT2D eigenvalue weighted by molar-refractivity contribution is 0.477. The van der Waals surface area contributed by atoms with Crippen LogP contribution in [0.4, 0.5) is 4.39 Å². The van der Waals surface area contributed by atoms with Crippen LogP contribution in [0.25, 0.3) is 11.3 Å². The second kappa shape index (κ2) is 5.10. The van der Waals surface area contributed by atoms with Crippen molar-refractivity contribution < 1.29 is 4.39 Å². The van der Waals surface area contributed by atoms with E-state index < -0.39 is 0 Å². The minimum absolute atomic E-state index is 0.169. The molecule has 5 heteroatoms. The van der Waals surface area contributed by atoms with Crippen LogP contribution in [0.5, 0.6) is 0 Å². The van der Waals surface area contributed by atoms with Crippen molar-refractivity contribution in [3.05, 3.63) is 52.6 Å². The molecule has 1 aromatic heterocycles. The Morgan fingerprint density at radius 1 is 1.28 bits per heavy atom. The average molecular weight is 247 g/mol. The number of nitrogens with two attached hydrogens (primary N) is 1. The largest absolute Gasteiger partial charge is 0.328 e. The Balaban J connectivity index is 2.47. The highest BCUT2D eigenvalue weighted by molar-refractivity contribution is 5.57. The summed E-state index contributed by atoms with van der Waals surface area (Å²) in [5, 5.41) is 4.24. The van der Waals surface area contributed by atoms with Crippen molar-refractivity contribution >= 4 is 0 Å². The van der Waals surface area contributed by atoms with Gasteiger partial charge in [-0.1, -0.05) is 0 Å². The molecule has 0 bridgehead atoms. The Hall–Kier alpha value is -2.01. The molecule has 1 atom stereocenters. The lowest BCUT2D eigenvalue weighted by Gasteiger charge is -2.12. The third-order valence-electron chi connectivity index (χ3n) is 2.72. The zero-order valence-corrected chi connectivity index (χ0v) is 10.0. The molecule has 4 nitrogen and oxygen atoms in total. The predicted molar refractivity (Wildman–Crippen MR) is 67.7 cm³/mol. The van der Waals surface area contributed by atoms with Crippen molar-refractivity contribution in [3.63, 3.8) is 0 Å². The van der Waals surface area contributed by atoms with Crippen LogP contribution in [-0.4, -0.2) is 16.3 Å². The lowest BCUT2D eigenvalue weighted by atomic mass is 10.1. The van der Waals surface area contributed by atoms with Crippen LogP contribution in [-0.2, 0) is 0 Å². The van der Waals surface area contributed by atoms with E-state index >= 15 is 0 Å². The quantitative estimate of drug-likeness (QED) is 0.895. The molecule has 2 N–H and O–H groups in total. The molecule has 0 fully saturated rings. The molecule has 18 heavy (non-hydrogen) atoms. The maximum absolute atomic E-state index is 12.8. The van der Waals surface area contributed by atoms with Gasteiger partial charge in [-0.05, 0) is 37.3 Å². The van der Waals surface area contributed by atoms with Crippen molar-refractivity contribution in [2.45, 2.75) is 13.0 Å². The second-order valence-electron chi connectivity index (χ2n) is 4.09. The minimum atomic E-state index is -0.303. The summed E-state index contributed by atoms with van der Waals surface area (Å²) in [6.45, 7) is 2.16. The first-order chi connectivity index (χ1) is 8.61. The van der Waals surface area contributed by atoms with E-state index in [1.807, 2.05) is 6.92 Å². The van der Waals surface area contributed by atoms with Gasteiger partial charge in [0.1, 0.15) is 5.82 Å². The third kappa shape index (κ3) is 2.46. The standard InChI is InChI=1S/C13H14FN3O/c1-9(8-15)17-13(18)7-6-12(16-17)10-2-4-11(14)5-3-10/h2-7,9H,8,15H2,1H3. The molecule has 1 aromatic carbocycles. The van der Waals surface area contributed by atoms with Crippen LogP contribution in [0, 0.1) is 5.82 Å². The third-order valence-corrected chi connectivity index (χ3v) is 2.72. The molecule has 0 aliphatic rings. The van der Waals surface area contributed by atoms with E-state index in [9.17, 15) is 9.18 Å². The summed E-state index contributed by atoms with van der Waals surface area (Å²) < 4.78 is 14.2. The van der Waals surface area contributed by atoms with Gasteiger partial charge in [0.25, 0.3) is 5.56 Å². The van der Waals surface area contributed by atoms with Crippen LogP contribution in [0.1, 0.15) is 13.0 Å². The molecule has 2 aromatic rings. The van der Waals surface area contributed by atoms with E-state index in [4.69, 9.17) is 5.73 Å². The van der Waals surface area contributed by atoms with Gasteiger partial charge in [-0.25, -0.2) is 9.07 Å². The van der Waals surface area contributed by atoms with Crippen LogP contribution in [0.2, 0.25) is 0 Å². The molecule has 0 aliphatic carbocycles. The molecule has 2 rings (SSSR count). The van der Waals surface area contributed by atoms with Gasteiger partial charge in [0, 0.05) is 18.2 Å². The van der Waals surface area contributed by atoms with Gasteiger partial charge in [0.15, 0.2) is 0 Å². The van der Waals surface area contributed by atoms with Crippen LogP contribution in [0.3, 0.4) is 0 Å². The fourth-order valence-corrected chi connectivity index (χ4v) is 1.62. The molecule has 0 spiro atoms. The molecular weight excluding hydrogens is 233 g/mol. The highest BCUT2D eigenvalue weighted by Crippen LogP contribution is 2.16. The number of hydrogen-bond acceptors (Lipinski definition) is 3. The summed E-state index contributed by atoms with van der Waals surface area (Å²) in [6.07, 6.45) is 0. The van der Waals surface area contributed by atoms with Crippen molar-refractivity contribution in [2.75, 3.05) is 6.54 Å². The Bertz CT molecular complexity index is 592. The van der Waals surface area contributed by atoms with Gasteiger partial charge in [0.05, 0.1) is 11.7 Å². The number of halogens is 1. The van der Waals surface area contributed by atoms with Gasteiger partial charge in [-0.2, -0.15) is 5.10 Å². The first kappa shape index (κ1) is 12.4. The molecule has 0 saturated heterocycles. The first-order valence-electron chi connectivity index (χ1n) is 5.67. The summed E-state index contributed by atoms with van der Waals surface area (Å²) >= 11 is 0. The summed E-state index contributed by atoms with van der Waals surface area (Å²) in [7, 11) is 0. The fraction of sp³-hybridized carbons (Fsp3) is 0.231. The van der Waals surface area contributed by atoms with Crippen molar-refractivity contribution in [3.8, 4) is 11.3 Å². The van der Waals surface area contributed by atoms with Crippen LogP contribution < -0.4 is 11.3 Å². The molecule has 0 saturated carbocycles. The average Bonchev–Trinajstić information content (AvgIpc) is 2.39. The van der Waals surface area contributed by atoms with Gasteiger partial charge < -0.3 is 5.73 Å². The topological polar surface area (TPSA) is 60.9 Å². The van der Waals surface area contributed by atoms with E-state index in [0.717, 1.165) is 5.56 Å². The summed E-state index contributed by atoms with van der Waals surface area (Å²) in [4.78, 5) is 11.6. The predicted octanol–water partition coefficient (Wildman–Crippen LogP) is 1.57. The summed E-state index contributed by atoms with van der Waals surface area (Å²) in [5.41, 5.74) is 6.72. The lowest BCUT2D eigenvalue weighted by Crippen LogP contribution is -2.29.